The summed E-state index contributed by atoms with van der Waals surface area (Å²) in [6.45, 7) is 0. The van der Waals surface area contributed by atoms with Gasteiger partial charge in [-0.1, -0.05) is 12.1 Å². The zero-order chi connectivity index (χ0) is 15.4. The third kappa shape index (κ3) is 3.45. The number of allylic oxidation sites excluding steroid dienone is 1. The number of ether oxygens (including phenoxy) is 1. The number of phenolic OH excluding ortho intramolecular Hbond substituents is 1. The average Bonchev–Trinajstić information content (AvgIpc) is 2.45. The van der Waals surface area contributed by atoms with Crippen molar-refractivity contribution in [3.8, 4) is 11.5 Å². The summed E-state index contributed by atoms with van der Waals surface area (Å²) in [7, 11) is 1.42. The van der Waals surface area contributed by atoms with Gasteiger partial charge in [0.05, 0.1) is 12.7 Å². The first-order valence-electron chi connectivity index (χ1n) is 6.05. The normalized spacial score (nSPS) is 10.8. The average molecular weight is 290 g/mol. The van der Waals surface area contributed by atoms with Crippen molar-refractivity contribution in [2.75, 3.05) is 7.11 Å². The van der Waals surface area contributed by atoms with Crippen LogP contribution in [0, 0.1) is 11.6 Å². The molecule has 0 bridgehead atoms. The van der Waals surface area contributed by atoms with Gasteiger partial charge in [0, 0.05) is 6.07 Å². The number of carbonyl (C=O) groups excluding carboxylic acids is 1. The van der Waals surface area contributed by atoms with Crippen LogP contribution in [0.15, 0.2) is 42.5 Å². The van der Waals surface area contributed by atoms with Crippen molar-refractivity contribution in [2.24, 2.45) is 0 Å². The Hall–Kier alpha value is -2.69. The van der Waals surface area contributed by atoms with E-state index in [-0.39, 0.29) is 11.3 Å². The van der Waals surface area contributed by atoms with Crippen molar-refractivity contribution >= 4 is 11.9 Å². The predicted molar refractivity (Wildman–Crippen MR) is 74.4 cm³/mol. The number of ketones is 1. The van der Waals surface area contributed by atoms with Gasteiger partial charge in [-0.15, -0.1) is 0 Å². The maximum absolute atomic E-state index is 13.4. The quantitative estimate of drug-likeness (QED) is 0.691. The summed E-state index contributed by atoms with van der Waals surface area (Å²) >= 11 is 0. The fourth-order valence-corrected chi connectivity index (χ4v) is 1.76. The molecule has 2 aromatic rings. The van der Waals surface area contributed by atoms with Crippen molar-refractivity contribution in [2.45, 2.75) is 0 Å². The van der Waals surface area contributed by atoms with E-state index in [4.69, 9.17) is 4.74 Å². The molecule has 0 atom stereocenters. The molecule has 2 rings (SSSR count). The molecule has 0 aliphatic heterocycles. The van der Waals surface area contributed by atoms with Crippen LogP contribution >= 0.6 is 0 Å². The van der Waals surface area contributed by atoms with E-state index in [2.05, 4.69) is 0 Å². The van der Waals surface area contributed by atoms with Crippen LogP contribution in [0.1, 0.15) is 15.9 Å². The smallest absolute Gasteiger partial charge is 0.188 e. The summed E-state index contributed by atoms with van der Waals surface area (Å²) in [4.78, 5) is 11.8. The van der Waals surface area contributed by atoms with Gasteiger partial charge >= 0.3 is 0 Å². The second-order valence-corrected chi connectivity index (χ2v) is 4.25. The van der Waals surface area contributed by atoms with Crippen LogP contribution < -0.4 is 4.74 Å². The molecule has 0 fully saturated rings. The van der Waals surface area contributed by atoms with E-state index in [1.54, 1.807) is 6.07 Å². The first-order valence-corrected chi connectivity index (χ1v) is 6.05. The Kier molecular flexibility index (Phi) is 4.33. The second kappa shape index (κ2) is 6.17. The molecular formula is C16H12F2O3. The van der Waals surface area contributed by atoms with E-state index >= 15 is 0 Å². The Balaban J connectivity index is 2.20. The molecule has 108 valence electrons. The van der Waals surface area contributed by atoms with Crippen molar-refractivity contribution in [3.63, 3.8) is 0 Å². The lowest BCUT2D eigenvalue weighted by atomic mass is 10.1. The maximum atomic E-state index is 13.4. The van der Waals surface area contributed by atoms with Crippen molar-refractivity contribution in [1.82, 2.24) is 0 Å². The van der Waals surface area contributed by atoms with E-state index in [0.717, 1.165) is 18.2 Å². The molecule has 0 aliphatic carbocycles. The lowest BCUT2D eigenvalue weighted by molar-refractivity contribution is 0.104. The van der Waals surface area contributed by atoms with Crippen molar-refractivity contribution in [1.29, 1.82) is 0 Å². The van der Waals surface area contributed by atoms with E-state index in [0.29, 0.717) is 17.4 Å². The van der Waals surface area contributed by atoms with Crippen LogP contribution in [0.5, 0.6) is 11.5 Å². The van der Waals surface area contributed by atoms with E-state index in [9.17, 15) is 18.7 Å². The highest BCUT2D eigenvalue weighted by Crippen LogP contribution is 2.26. The van der Waals surface area contributed by atoms with Crippen molar-refractivity contribution in [3.05, 3.63) is 65.2 Å². The Morgan fingerprint density at radius 1 is 1.19 bits per heavy atom. The summed E-state index contributed by atoms with van der Waals surface area (Å²) in [6, 6.07) is 7.33. The molecule has 0 spiro atoms. The molecule has 3 nitrogen and oxygen atoms in total. The minimum Gasteiger partial charge on any atom is -0.504 e. The number of phenols is 1. The van der Waals surface area contributed by atoms with Gasteiger partial charge in [-0.3, -0.25) is 4.79 Å². The Bertz CT molecular complexity index is 709. The first kappa shape index (κ1) is 14.7. The highest BCUT2D eigenvalue weighted by molar-refractivity contribution is 6.07. The van der Waals surface area contributed by atoms with Gasteiger partial charge in [-0.25, -0.2) is 8.78 Å². The number of hydrogen-bond donors (Lipinski definition) is 1. The number of carbonyl (C=O) groups is 1. The van der Waals surface area contributed by atoms with Crippen LogP contribution in [0.3, 0.4) is 0 Å². The molecule has 0 radical (unpaired) electrons. The number of hydrogen-bond acceptors (Lipinski definition) is 3. The first-order chi connectivity index (χ1) is 10.0. The van der Waals surface area contributed by atoms with E-state index in [1.165, 1.54) is 25.3 Å². The molecule has 0 aromatic heterocycles. The monoisotopic (exact) mass is 290 g/mol. The Morgan fingerprint density at radius 2 is 1.95 bits per heavy atom. The van der Waals surface area contributed by atoms with Crippen molar-refractivity contribution < 1.29 is 23.4 Å². The minimum atomic E-state index is -0.915. The SMILES string of the molecule is COc1ccc(/C=C/C(=O)c2ccc(F)cc2F)cc1O. The van der Waals surface area contributed by atoms with Gasteiger partial charge in [0.15, 0.2) is 17.3 Å². The topological polar surface area (TPSA) is 46.5 Å². The van der Waals surface area contributed by atoms with Crippen LogP contribution in [0.4, 0.5) is 8.78 Å². The summed E-state index contributed by atoms with van der Waals surface area (Å²) in [5, 5.41) is 9.60. The van der Waals surface area contributed by atoms with Crippen LogP contribution in [-0.2, 0) is 0 Å². The van der Waals surface area contributed by atoms with E-state index < -0.39 is 17.4 Å². The predicted octanol–water partition coefficient (Wildman–Crippen LogP) is 3.58. The van der Waals surface area contributed by atoms with Gasteiger partial charge < -0.3 is 9.84 Å². The molecule has 1 N–H and O–H groups in total. The van der Waals surface area contributed by atoms with Gasteiger partial charge in [0.25, 0.3) is 0 Å². The lowest BCUT2D eigenvalue weighted by Gasteiger charge is -2.03. The molecule has 0 unspecified atom stereocenters. The molecule has 0 aliphatic rings. The van der Waals surface area contributed by atoms with Crippen LogP contribution in [-0.4, -0.2) is 18.0 Å². The van der Waals surface area contributed by atoms with Crippen LogP contribution in [0.25, 0.3) is 6.08 Å². The number of methoxy groups -OCH3 is 1. The fourth-order valence-electron chi connectivity index (χ4n) is 1.76. The summed E-state index contributed by atoms with van der Waals surface area (Å²) in [6.07, 6.45) is 2.57. The molecule has 5 heteroatoms. The molecule has 0 amide bonds. The van der Waals surface area contributed by atoms with Gasteiger partial charge in [-0.05, 0) is 35.9 Å². The van der Waals surface area contributed by atoms with Gasteiger partial charge in [0.2, 0.25) is 0 Å². The molecule has 0 saturated heterocycles. The number of halogens is 2. The molecule has 2 aromatic carbocycles. The maximum Gasteiger partial charge on any atom is 0.188 e. The number of benzene rings is 2. The Labute approximate surface area is 120 Å². The highest BCUT2D eigenvalue weighted by Gasteiger charge is 2.09. The van der Waals surface area contributed by atoms with Gasteiger partial charge in [0.1, 0.15) is 11.6 Å². The summed E-state index contributed by atoms with van der Waals surface area (Å²) in [5.41, 5.74) is 0.328. The molecular weight excluding hydrogens is 278 g/mol. The summed E-state index contributed by atoms with van der Waals surface area (Å²) < 4.78 is 31.1. The van der Waals surface area contributed by atoms with Crippen LogP contribution in [0.2, 0.25) is 0 Å². The number of rotatable bonds is 4. The fraction of sp³-hybridized carbons (Fsp3) is 0.0625. The third-order valence-corrected chi connectivity index (χ3v) is 2.83. The minimum absolute atomic E-state index is 0.0694. The summed E-state index contributed by atoms with van der Waals surface area (Å²) in [5.74, 6) is -2.01. The van der Waals surface area contributed by atoms with Gasteiger partial charge in [-0.2, -0.15) is 0 Å². The highest BCUT2D eigenvalue weighted by atomic mass is 19.1. The zero-order valence-corrected chi connectivity index (χ0v) is 11.1. The zero-order valence-electron chi connectivity index (χ0n) is 11.1. The van der Waals surface area contributed by atoms with E-state index in [1.807, 2.05) is 0 Å². The standard InChI is InChI=1S/C16H12F2O3/c1-21-16-7-3-10(8-15(16)20)2-6-14(19)12-5-4-11(17)9-13(12)18/h2-9,20H,1H3/b6-2+. The molecule has 21 heavy (non-hydrogen) atoms. The largest absolute Gasteiger partial charge is 0.504 e. The lowest BCUT2D eigenvalue weighted by Crippen LogP contribution is -1.99. The number of aromatic hydroxyl groups is 1. The molecule has 0 heterocycles. The second-order valence-electron chi connectivity index (χ2n) is 4.25. The molecule has 0 saturated carbocycles. The third-order valence-electron chi connectivity index (χ3n) is 2.83. The Morgan fingerprint density at radius 3 is 2.57 bits per heavy atom.